The summed E-state index contributed by atoms with van der Waals surface area (Å²) in [5, 5.41) is 17.2. The number of aliphatic imine (C=N–C) groups is 1. The molecule has 1 aliphatic heterocycles. The Hall–Kier alpha value is -2.05. The summed E-state index contributed by atoms with van der Waals surface area (Å²) in [7, 11) is 1.77. The third-order valence-corrected chi connectivity index (χ3v) is 4.71. The van der Waals surface area contributed by atoms with Crippen LogP contribution in [0.15, 0.2) is 35.3 Å². The van der Waals surface area contributed by atoms with Crippen molar-refractivity contribution >= 4 is 16.9 Å². The Morgan fingerprint density at radius 2 is 2.25 bits per heavy atom. The van der Waals surface area contributed by atoms with E-state index in [0.29, 0.717) is 13.2 Å². The molecule has 1 aliphatic rings. The van der Waals surface area contributed by atoms with Crippen LogP contribution in [0.3, 0.4) is 0 Å². The molecule has 2 heterocycles. The molecule has 6 nitrogen and oxygen atoms in total. The molecule has 4 N–H and O–H groups in total. The third-order valence-electron chi connectivity index (χ3n) is 4.71. The van der Waals surface area contributed by atoms with E-state index in [2.05, 4.69) is 38.8 Å². The Labute approximate surface area is 142 Å². The van der Waals surface area contributed by atoms with Gasteiger partial charge in [0.25, 0.3) is 0 Å². The van der Waals surface area contributed by atoms with Crippen molar-refractivity contribution in [1.82, 2.24) is 15.6 Å². The Morgan fingerprint density at radius 1 is 1.38 bits per heavy atom. The molecule has 0 bridgehead atoms. The summed E-state index contributed by atoms with van der Waals surface area (Å²) in [6.45, 7) is 3.08. The highest BCUT2D eigenvalue weighted by molar-refractivity contribution is 5.81. The Morgan fingerprint density at radius 3 is 2.96 bits per heavy atom. The van der Waals surface area contributed by atoms with Gasteiger partial charge in [0.15, 0.2) is 5.96 Å². The molecule has 0 aliphatic carbocycles. The Bertz CT molecular complexity index is 656. The summed E-state index contributed by atoms with van der Waals surface area (Å²) >= 11 is 0. The lowest BCUT2D eigenvalue weighted by Gasteiger charge is -2.27. The van der Waals surface area contributed by atoms with Gasteiger partial charge < -0.3 is 25.5 Å². The van der Waals surface area contributed by atoms with Crippen molar-refractivity contribution in [3.63, 3.8) is 0 Å². The lowest BCUT2D eigenvalue weighted by Crippen LogP contribution is -2.44. The van der Waals surface area contributed by atoms with Crippen molar-refractivity contribution in [2.45, 2.75) is 19.4 Å². The van der Waals surface area contributed by atoms with Crippen LogP contribution in [0.2, 0.25) is 0 Å². The van der Waals surface area contributed by atoms with Crippen molar-refractivity contribution in [3.8, 4) is 0 Å². The smallest absolute Gasteiger partial charge is 0.191 e. The summed E-state index contributed by atoms with van der Waals surface area (Å²) in [5.41, 5.74) is 2.27. The van der Waals surface area contributed by atoms with Gasteiger partial charge in [0.2, 0.25) is 0 Å². The first-order valence-corrected chi connectivity index (χ1v) is 8.44. The summed E-state index contributed by atoms with van der Waals surface area (Å²) in [5.74, 6) is 0.762. The standard InChI is InChI=1S/C18H26N4O2/c1-19-17(21-12-18(6-8-23)7-9-24-13-18)20-11-15-10-14-4-2-3-5-16(14)22-15/h2-5,10,22-23H,6-9,11-13H2,1H3,(H2,19,20,21). The highest BCUT2D eigenvalue weighted by atomic mass is 16.5. The normalized spacial score (nSPS) is 21.3. The summed E-state index contributed by atoms with van der Waals surface area (Å²) in [6.07, 6.45) is 1.72. The number of nitrogens with one attached hydrogen (secondary N) is 3. The molecular weight excluding hydrogens is 304 g/mol. The first kappa shape index (κ1) is 16.8. The average Bonchev–Trinajstić information content (AvgIpc) is 3.22. The molecule has 0 radical (unpaired) electrons. The lowest BCUT2D eigenvalue weighted by atomic mass is 9.84. The number of guanidine groups is 1. The molecule has 1 aromatic heterocycles. The number of H-pyrrole nitrogens is 1. The lowest BCUT2D eigenvalue weighted by molar-refractivity contribution is 0.127. The van der Waals surface area contributed by atoms with Crippen LogP contribution in [0, 0.1) is 5.41 Å². The van der Waals surface area contributed by atoms with Gasteiger partial charge in [-0.05, 0) is 30.4 Å². The van der Waals surface area contributed by atoms with Gasteiger partial charge >= 0.3 is 0 Å². The van der Waals surface area contributed by atoms with E-state index in [1.165, 1.54) is 5.39 Å². The number of hydrogen-bond acceptors (Lipinski definition) is 3. The minimum atomic E-state index is 0.00742. The van der Waals surface area contributed by atoms with Crippen LogP contribution in [0.4, 0.5) is 0 Å². The second-order valence-corrected chi connectivity index (χ2v) is 6.44. The molecule has 3 rings (SSSR count). The highest BCUT2D eigenvalue weighted by Crippen LogP contribution is 2.31. The maximum atomic E-state index is 9.30. The monoisotopic (exact) mass is 330 g/mol. The molecule has 0 saturated carbocycles. The van der Waals surface area contributed by atoms with Crippen molar-refractivity contribution in [1.29, 1.82) is 0 Å². The van der Waals surface area contributed by atoms with E-state index in [0.717, 1.165) is 43.2 Å². The molecule has 1 fully saturated rings. The molecule has 1 atom stereocenters. The molecule has 24 heavy (non-hydrogen) atoms. The topological polar surface area (TPSA) is 81.7 Å². The Kier molecular flexibility index (Phi) is 5.37. The van der Waals surface area contributed by atoms with Gasteiger partial charge in [0.05, 0.1) is 13.2 Å². The minimum Gasteiger partial charge on any atom is -0.396 e. The Balaban J connectivity index is 1.55. The molecule has 2 aromatic rings. The van der Waals surface area contributed by atoms with Crippen molar-refractivity contribution in [3.05, 3.63) is 36.0 Å². The van der Waals surface area contributed by atoms with Crippen molar-refractivity contribution in [2.24, 2.45) is 10.4 Å². The van der Waals surface area contributed by atoms with Crippen LogP contribution in [0.5, 0.6) is 0 Å². The van der Waals surface area contributed by atoms with E-state index in [9.17, 15) is 5.11 Å². The van der Waals surface area contributed by atoms with Gasteiger partial charge in [-0.2, -0.15) is 0 Å². The van der Waals surface area contributed by atoms with E-state index in [1.807, 2.05) is 12.1 Å². The molecule has 1 saturated heterocycles. The fraction of sp³-hybridized carbons (Fsp3) is 0.500. The van der Waals surface area contributed by atoms with E-state index in [4.69, 9.17) is 4.74 Å². The van der Waals surface area contributed by atoms with Crippen LogP contribution in [0.25, 0.3) is 10.9 Å². The number of aliphatic hydroxyl groups is 1. The van der Waals surface area contributed by atoms with Crippen molar-refractivity contribution < 1.29 is 9.84 Å². The number of para-hydroxylation sites is 1. The maximum absolute atomic E-state index is 9.30. The molecular formula is C18H26N4O2. The predicted octanol–water partition coefficient (Wildman–Crippen LogP) is 1.62. The second kappa shape index (κ2) is 7.68. The van der Waals surface area contributed by atoms with Gasteiger partial charge in [-0.15, -0.1) is 0 Å². The van der Waals surface area contributed by atoms with E-state index in [-0.39, 0.29) is 12.0 Å². The number of rotatable bonds is 6. The molecule has 130 valence electrons. The zero-order valence-electron chi connectivity index (χ0n) is 14.1. The van der Waals surface area contributed by atoms with Gasteiger partial charge in [-0.1, -0.05) is 18.2 Å². The molecule has 0 spiro atoms. The highest BCUT2D eigenvalue weighted by Gasteiger charge is 2.34. The van der Waals surface area contributed by atoms with E-state index >= 15 is 0 Å². The summed E-state index contributed by atoms with van der Waals surface area (Å²) < 4.78 is 5.53. The zero-order chi connectivity index (χ0) is 16.8. The third kappa shape index (κ3) is 3.88. The molecule has 1 unspecified atom stereocenters. The van der Waals surface area contributed by atoms with E-state index < -0.39 is 0 Å². The van der Waals surface area contributed by atoms with Gasteiger partial charge in [-0.3, -0.25) is 4.99 Å². The first-order valence-electron chi connectivity index (χ1n) is 8.44. The summed E-state index contributed by atoms with van der Waals surface area (Å²) in [4.78, 5) is 7.69. The maximum Gasteiger partial charge on any atom is 0.191 e. The zero-order valence-corrected chi connectivity index (χ0v) is 14.1. The average molecular weight is 330 g/mol. The van der Waals surface area contributed by atoms with Crippen LogP contribution in [-0.2, 0) is 11.3 Å². The van der Waals surface area contributed by atoms with Crippen LogP contribution in [-0.4, -0.2) is 49.5 Å². The largest absolute Gasteiger partial charge is 0.396 e. The number of hydrogen-bond donors (Lipinski definition) is 4. The second-order valence-electron chi connectivity index (χ2n) is 6.44. The summed E-state index contributed by atoms with van der Waals surface area (Å²) in [6, 6.07) is 10.4. The van der Waals surface area contributed by atoms with E-state index in [1.54, 1.807) is 7.05 Å². The minimum absolute atomic E-state index is 0.00742. The van der Waals surface area contributed by atoms with Crippen LogP contribution >= 0.6 is 0 Å². The number of aliphatic hydroxyl groups excluding tert-OH is 1. The predicted molar refractivity (Wildman–Crippen MR) is 96.1 cm³/mol. The number of fused-ring (bicyclic) bond motifs is 1. The molecule has 6 heteroatoms. The molecule has 0 amide bonds. The molecule has 1 aromatic carbocycles. The number of nitrogens with zero attached hydrogens (tertiary/aromatic N) is 1. The van der Waals surface area contributed by atoms with Gasteiger partial charge in [0, 0.05) is 43.4 Å². The number of aromatic nitrogens is 1. The number of aromatic amines is 1. The van der Waals surface area contributed by atoms with Gasteiger partial charge in [0.1, 0.15) is 0 Å². The van der Waals surface area contributed by atoms with Crippen molar-refractivity contribution in [2.75, 3.05) is 33.4 Å². The first-order chi connectivity index (χ1) is 11.7. The fourth-order valence-corrected chi connectivity index (χ4v) is 3.21. The number of benzene rings is 1. The van der Waals surface area contributed by atoms with Crippen LogP contribution < -0.4 is 10.6 Å². The fourth-order valence-electron chi connectivity index (χ4n) is 3.21. The van der Waals surface area contributed by atoms with Crippen LogP contribution in [0.1, 0.15) is 18.5 Å². The van der Waals surface area contributed by atoms with Gasteiger partial charge in [-0.25, -0.2) is 0 Å². The quantitative estimate of drug-likeness (QED) is 0.479. The SMILES string of the molecule is CN=C(NCc1cc2ccccc2[nH]1)NCC1(CCO)CCOC1. The number of ether oxygens (including phenoxy) is 1.